The van der Waals surface area contributed by atoms with Crippen molar-refractivity contribution in [2.45, 2.75) is 18.9 Å². The van der Waals surface area contributed by atoms with Gasteiger partial charge in [0.15, 0.2) is 0 Å². The fourth-order valence-electron chi connectivity index (χ4n) is 3.33. The van der Waals surface area contributed by atoms with Crippen LogP contribution in [0.3, 0.4) is 0 Å². The minimum atomic E-state index is 0.105. The number of benzene rings is 1. The Labute approximate surface area is 143 Å². The van der Waals surface area contributed by atoms with Crippen LogP contribution in [0.25, 0.3) is 0 Å². The molecular weight excluding hydrogens is 306 g/mol. The Kier molecular flexibility index (Phi) is 5.93. The van der Waals surface area contributed by atoms with Crippen molar-refractivity contribution in [1.29, 1.82) is 0 Å². The highest BCUT2D eigenvalue weighted by Crippen LogP contribution is 2.28. The number of hydrogen-bond acceptors (Lipinski definition) is 5. The van der Waals surface area contributed by atoms with Gasteiger partial charge >= 0.3 is 0 Å². The van der Waals surface area contributed by atoms with E-state index in [-0.39, 0.29) is 18.6 Å². The first kappa shape index (κ1) is 17.0. The number of carbonyl (C=O) groups excluding carboxylic acids is 1. The van der Waals surface area contributed by atoms with Crippen LogP contribution in [0.15, 0.2) is 24.3 Å². The van der Waals surface area contributed by atoms with Crippen LogP contribution < -0.4 is 15.0 Å². The Morgan fingerprint density at radius 2 is 1.88 bits per heavy atom. The number of rotatable bonds is 5. The number of anilines is 1. The molecule has 2 aliphatic rings. The fourth-order valence-corrected chi connectivity index (χ4v) is 3.33. The lowest BCUT2D eigenvalue weighted by atomic mass is 10.1. The predicted molar refractivity (Wildman–Crippen MR) is 93.6 cm³/mol. The second kappa shape index (κ2) is 8.35. The summed E-state index contributed by atoms with van der Waals surface area (Å²) in [7, 11) is 1.69. The Hall–Kier alpha value is -1.79. The summed E-state index contributed by atoms with van der Waals surface area (Å²) in [6.45, 7) is 5.27. The predicted octanol–water partition coefficient (Wildman–Crippen LogP) is 1.11. The zero-order valence-electron chi connectivity index (χ0n) is 14.4. The molecule has 2 aliphatic heterocycles. The van der Waals surface area contributed by atoms with Gasteiger partial charge in [0.2, 0.25) is 5.91 Å². The summed E-state index contributed by atoms with van der Waals surface area (Å²) in [5, 5.41) is 3.30. The summed E-state index contributed by atoms with van der Waals surface area (Å²) >= 11 is 0. The lowest BCUT2D eigenvalue weighted by Gasteiger charge is -2.36. The van der Waals surface area contributed by atoms with Crippen LogP contribution in [0.5, 0.6) is 5.75 Å². The first-order chi connectivity index (χ1) is 11.8. The van der Waals surface area contributed by atoms with Gasteiger partial charge in [0, 0.05) is 26.2 Å². The van der Waals surface area contributed by atoms with Crippen LogP contribution in [-0.4, -0.2) is 69.9 Å². The van der Waals surface area contributed by atoms with E-state index in [0.29, 0.717) is 0 Å². The Morgan fingerprint density at radius 1 is 1.17 bits per heavy atom. The Morgan fingerprint density at radius 3 is 2.58 bits per heavy atom. The molecule has 0 saturated carbocycles. The lowest BCUT2D eigenvalue weighted by Crippen LogP contribution is -2.50. The first-order valence-electron chi connectivity index (χ1n) is 8.76. The molecule has 0 radical (unpaired) electrons. The quantitative estimate of drug-likeness (QED) is 0.875. The molecule has 0 spiro atoms. The van der Waals surface area contributed by atoms with Crippen molar-refractivity contribution >= 4 is 11.6 Å². The van der Waals surface area contributed by atoms with Gasteiger partial charge in [0.05, 0.1) is 18.9 Å². The van der Waals surface area contributed by atoms with Gasteiger partial charge in [-0.2, -0.15) is 0 Å². The Bertz CT molecular complexity index is 538. The molecule has 24 heavy (non-hydrogen) atoms. The third kappa shape index (κ3) is 4.19. The molecule has 6 nitrogen and oxygen atoms in total. The van der Waals surface area contributed by atoms with Crippen molar-refractivity contribution < 1.29 is 14.3 Å². The van der Waals surface area contributed by atoms with Crippen molar-refractivity contribution in [2.75, 3.05) is 57.9 Å². The summed E-state index contributed by atoms with van der Waals surface area (Å²) in [4.78, 5) is 16.5. The van der Waals surface area contributed by atoms with E-state index in [9.17, 15) is 4.79 Å². The van der Waals surface area contributed by atoms with Gasteiger partial charge in [0.25, 0.3) is 0 Å². The third-order valence-electron chi connectivity index (χ3n) is 4.79. The van der Waals surface area contributed by atoms with Crippen LogP contribution in [-0.2, 0) is 9.53 Å². The molecule has 1 N–H and O–H groups in total. The van der Waals surface area contributed by atoms with Crippen molar-refractivity contribution in [3.63, 3.8) is 0 Å². The summed E-state index contributed by atoms with van der Waals surface area (Å²) in [6, 6.07) is 8.03. The van der Waals surface area contributed by atoms with Crippen LogP contribution in [0, 0.1) is 0 Å². The highest BCUT2D eigenvalue weighted by molar-refractivity contribution is 5.78. The van der Waals surface area contributed by atoms with E-state index in [1.54, 1.807) is 7.11 Å². The highest BCUT2D eigenvalue weighted by atomic mass is 16.5. The average molecular weight is 333 g/mol. The SMILES string of the molecule is COc1ccccc1N1CCN(C(=O)COC2CCNCC2)CC1. The number of para-hydroxylation sites is 2. The van der Waals surface area contributed by atoms with Gasteiger partial charge in [-0.1, -0.05) is 12.1 Å². The van der Waals surface area contributed by atoms with Crippen LogP contribution in [0.4, 0.5) is 5.69 Å². The zero-order chi connectivity index (χ0) is 16.8. The molecular formula is C18H27N3O3. The maximum Gasteiger partial charge on any atom is 0.248 e. The monoisotopic (exact) mass is 333 g/mol. The fraction of sp³-hybridized carbons (Fsp3) is 0.611. The molecule has 0 atom stereocenters. The number of hydrogen-bond donors (Lipinski definition) is 1. The second-order valence-corrected chi connectivity index (χ2v) is 6.30. The van der Waals surface area contributed by atoms with Crippen molar-refractivity contribution in [3.8, 4) is 5.75 Å². The number of nitrogens with one attached hydrogen (secondary N) is 1. The minimum Gasteiger partial charge on any atom is -0.495 e. The molecule has 0 aromatic heterocycles. The topological polar surface area (TPSA) is 54.0 Å². The molecule has 1 aromatic rings. The molecule has 1 amide bonds. The largest absolute Gasteiger partial charge is 0.495 e. The van der Waals surface area contributed by atoms with E-state index in [1.165, 1.54) is 0 Å². The van der Waals surface area contributed by atoms with Crippen molar-refractivity contribution in [1.82, 2.24) is 10.2 Å². The lowest BCUT2D eigenvalue weighted by molar-refractivity contribution is -0.139. The smallest absolute Gasteiger partial charge is 0.248 e. The summed E-state index contributed by atoms with van der Waals surface area (Å²) in [5.74, 6) is 0.986. The van der Waals surface area contributed by atoms with E-state index in [1.807, 2.05) is 23.1 Å². The van der Waals surface area contributed by atoms with Gasteiger partial charge in [-0.25, -0.2) is 0 Å². The van der Waals surface area contributed by atoms with Gasteiger partial charge in [-0.3, -0.25) is 4.79 Å². The molecule has 0 bridgehead atoms. The summed E-state index contributed by atoms with van der Waals surface area (Å²) in [5.41, 5.74) is 1.10. The zero-order valence-corrected chi connectivity index (χ0v) is 14.4. The van der Waals surface area contributed by atoms with E-state index < -0.39 is 0 Å². The molecule has 0 unspecified atom stereocenters. The number of amides is 1. The average Bonchev–Trinajstić information content (AvgIpc) is 2.67. The minimum absolute atomic E-state index is 0.105. The molecule has 132 valence electrons. The molecule has 2 heterocycles. The molecule has 6 heteroatoms. The van der Waals surface area contributed by atoms with E-state index in [4.69, 9.17) is 9.47 Å². The van der Waals surface area contributed by atoms with E-state index >= 15 is 0 Å². The number of carbonyl (C=O) groups is 1. The first-order valence-corrected chi connectivity index (χ1v) is 8.76. The van der Waals surface area contributed by atoms with Crippen LogP contribution >= 0.6 is 0 Å². The van der Waals surface area contributed by atoms with Crippen molar-refractivity contribution in [3.05, 3.63) is 24.3 Å². The van der Waals surface area contributed by atoms with E-state index in [0.717, 1.165) is 63.5 Å². The normalized spacial score (nSPS) is 19.4. The maximum absolute atomic E-state index is 12.3. The number of piperazine rings is 1. The molecule has 1 aromatic carbocycles. The molecule has 2 fully saturated rings. The van der Waals surface area contributed by atoms with E-state index in [2.05, 4.69) is 16.3 Å². The summed E-state index contributed by atoms with van der Waals surface area (Å²) in [6.07, 6.45) is 2.22. The number of methoxy groups -OCH3 is 1. The molecule has 2 saturated heterocycles. The third-order valence-corrected chi connectivity index (χ3v) is 4.79. The number of ether oxygens (including phenoxy) is 2. The highest BCUT2D eigenvalue weighted by Gasteiger charge is 2.24. The van der Waals surface area contributed by atoms with Crippen molar-refractivity contribution in [2.24, 2.45) is 0 Å². The molecule has 0 aliphatic carbocycles. The van der Waals surface area contributed by atoms with Gasteiger partial charge in [0.1, 0.15) is 12.4 Å². The maximum atomic E-state index is 12.3. The van der Waals surface area contributed by atoms with Gasteiger partial charge in [-0.15, -0.1) is 0 Å². The number of piperidine rings is 1. The van der Waals surface area contributed by atoms with Crippen LogP contribution in [0.2, 0.25) is 0 Å². The molecule has 3 rings (SSSR count). The number of nitrogens with zero attached hydrogens (tertiary/aromatic N) is 2. The van der Waals surface area contributed by atoms with Gasteiger partial charge in [-0.05, 0) is 38.1 Å². The summed E-state index contributed by atoms with van der Waals surface area (Å²) < 4.78 is 11.2. The standard InChI is InChI=1S/C18H27N3O3/c1-23-17-5-3-2-4-16(17)20-10-12-21(13-11-20)18(22)14-24-15-6-8-19-9-7-15/h2-5,15,19H,6-14H2,1H3. The Balaban J connectivity index is 1.46. The van der Waals surface area contributed by atoms with Gasteiger partial charge < -0.3 is 24.6 Å². The second-order valence-electron chi connectivity index (χ2n) is 6.30. The van der Waals surface area contributed by atoms with Crippen LogP contribution in [0.1, 0.15) is 12.8 Å².